The summed E-state index contributed by atoms with van der Waals surface area (Å²) < 4.78 is 5.10. The average molecular weight is 372 g/mol. The van der Waals surface area contributed by atoms with Crippen molar-refractivity contribution in [2.75, 3.05) is 17.7 Å². The van der Waals surface area contributed by atoms with E-state index < -0.39 is 0 Å². The summed E-state index contributed by atoms with van der Waals surface area (Å²) in [7, 11) is 0. The number of aromatic amines is 1. The van der Waals surface area contributed by atoms with Gasteiger partial charge in [0.2, 0.25) is 0 Å². The van der Waals surface area contributed by atoms with Crippen molar-refractivity contribution < 1.29 is 9.53 Å². The van der Waals surface area contributed by atoms with Gasteiger partial charge in [0.25, 0.3) is 0 Å². The number of nitrogens with one attached hydrogen (secondary N) is 2. The van der Waals surface area contributed by atoms with Crippen molar-refractivity contribution in [3.8, 4) is 0 Å². The highest BCUT2D eigenvalue weighted by atomic mass is 32.2. The monoisotopic (exact) mass is 371 g/mol. The van der Waals surface area contributed by atoms with Gasteiger partial charge >= 0.3 is 5.97 Å². The molecule has 1 saturated carbocycles. The number of aryl methyl sites for hydroxylation is 1. The van der Waals surface area contributed by atoms with E-state index in [9.17, 15) is 4.79 Å². The number of hydrogen-bond acceptors (Lipinski definition) is 5. The fourth-order valence-corrected chi connectivity index (χ4v) is 4.79. The quantitative estimate of drug-likeness (QED) is 0.771. The second-order valence-corrected chi connectivity index (χ2v) is 8.11. The number of fused-ring (bicyclic) bond motifs is 1. The minimum atomic E-state index is -0.390. The highest BCUT2D eigenvalue weighted by Gasteiger charge is 2.27. The maximum absolute atomic E-state index is 11.9. The molecule has 0 amide bonds. The summed E-state index contributed by atoms with van der Waals surface area (Å²) in [6.45, 7) is 4.35. The molecule has 2 aliphatic rings. The lowest BCUT2D eigenvalue weighted by atomic mass is 10.1. The molecule has 0 unspecified atom stereocenters. The van der Waals surface area contributed by atoms with E-state index >= 15 is 0 Å². The van der Waals surface area contributed by atoms with Crippen LogP contribution in [0.1, 0.15) is 43.9 Å². The molecule has 0 saturated heterocycles. The number of carbonyl (C=O) groups is 1. The first kappa shape index (κ1) is 17.5. The molecule has 1 fully saturated rings. The van der Waals surface area contributed by atoms with Crippen molar-refractivity contribution in [3.63, 3.8) is 0 Å². The molecule has 0 spiro atoms. The second-order valence-electron chi connectivity index (χ2n) is 7.10. The molecular weight excluding hydrogens is 346 g/mol. The van der Waals surface area contributed by atoms with Gasteiger partial charge in [-0.25, -0.2) is 4.79 Å². The molecule has 2 heterocycles. The molecule has 2 N–H and O–H groups in total. The fraction of sp³-hybridized carbons (Fsp3) is 0.500. The summed E-state index contributed by atoms with van der Waals surface area (Å²) in [6.07, 6.45) is 5.11. The molecule has 4 rings (SSSR count). The molecule has 2 aromatic rings. The van der Waals surface area contributed by atoms with Crippen LogP contribution in [0, 0.1) is 6.92 Å². The highest BCUT2D eigenvalue weighted by molar-refractivity contribution is 8.14. The second kappa shape index (κ2) is 7.35. The molecule has 1 aliphatic carbocycles. The van der Waals surface area contributed by atoms with Crippen molar-refractivity contribution in [1.82, 2.24) is 4.98 Å². The third kappa shape index (κ3) is 3.47. The van der Waals surface area contributed by atoms with E-state index in [0.717, 1.165) is 16.3 Å². The van der Waals surface area contributed by atoms with Crippen LogP contribution in [0.4, 0.5) is 5.69 Å². The van der Waals surface area contributed by atoms with Crippen molar-refractivity contribution >= 4 is 39.4 Å². The van der Waals surface area contributed by atoms with E-state index in [2.05, 4.69) is 40.4 Å². The first-order valence-electron chi connectivity index (χ1n) is 9.41. The van der Waals surface area contributed by atoms with Crippen molar-refractivity contribution in [2.24, 2.45) is 4.99 Å². The zero-order valence-corrected chi connectivity index (χ0v) is 16.1. The Hall–Kier alpha value is -1.95. The number of aliphatic imine (C=N–C) groups is 1. The van der Waals surface area contributed by atoms with Crippen LogP contribution in [-0.4, -0.2) is 40.4 Å². The van der Waals surface area contributed by atoms with Crippen LogP contribution in [0.5, 0.6) is 0 Å². The summed E-state index contributed by atoms with van der Waals surface area (Å²) in [5, 5.41) is 5.80. The lowest BCUT2D eigenvalue weighted by Crippen LogP contribution is -2.21. The van der Waals surface area contributed by atoms with Crippen molar-refractivity contribution in [1.29, 1.82) is 0 Å². The number of nitrogens with zero attached hydrogens (tertiary/aromatic N) is 1. The summed E-state index contributed by atoms with van der Waals surface area (Å²) in [4.78, 5) is 20.0. The third-order valence-corrected chi connectivity index (χ3v) is 6.11. The van der Waals surface area contributed by atoms with E-state index in [4.69, 9.17) is 4.74 Å². The zero-order valence-electron chi connectivity index (χ0n) is 15.3. The predicted octanol–water partition coefficient (Wildman–Crippen LogP) is 4.26. The number of thioether (sulfide) groups is 1. The van der Waals surface area contributed by atoms with Crippen LogP contribution in [0.2, 0.25) is 0 Å². The summed E-state index contributed by atoms with van der Waals surface area (Å²) in [5.41, 5.74) is 4.52. The number of H-pyrrole nitrogens is 1. The van der Waals surface area contributed by atoms with Crippen LogP contribution in [-0.2, 0) is 9.53 Å². The number of hydrogen-bond donors (Lipinski definition) is 2. The van der Waals surface area contributed by atoms with Crippen LogP contribution < -0.4 is 5.32 Å². The summed E-state index contributed by atoms with van der Waals surface area (Å²) in [6, 6.07) is 6.73. The van der Waals surface area contributed by atoms with E-state index in [1.807, 2.05) is 6.92 Å². The summed E-state index contributed by atoms with van der Waals surface area (Å²) >= 11 is 1.61. The summed E-state index contributed by atoms with van der Waals surface area (Å²) in [5.74, 6) is 0.418. The maximum atomic E-state index is 11.9. The highest BCUT2D eigenvalue weighted by Crippen LogP contribution is 2.32. The molecule has 1 aliphatic heterocycles. The molecule has 6 heteroatoms. The molecule has 26 heavy (non-hydrogen) atoms. The van der Waals surface area contributed by atoms with E-state index in [1.165, 1.54) is 42.3 Å². The first-order valence-corrected chi connectivity index (χ1v) is 10.4. The number of carbonyl (C=O) groups excluding carboxylic acids is 1. The molecule has 1 atom stereocenters. The number of ether oxygens (including phenoxy) is 1. The van der Waals surface area contributed by atoms with E-state index in [1.54, 1.807) is 11.8 Å². The number of esters is 1. The van der Waals surface area contributed by atoms with E-state index in [0.29, 0.717) is 18.4 Å². The van der Waals surface area contributed by atoms with Gasteiger partial charge in [0.15, 0.2) is 6.04 Å². The van der Waals surface area contributed by atoms with Gasteiger partial charge in [-0.15, -0.1) is 11.8 Å². The standard InChI is InChI=1S/C20H25N3O2S/c1-3-25-20(24)17-11-26-19(23-17)16-10-13-8-12(2)9-15(18(13)22-16)21-14-6-4-5-7-14/h8-10,14,17,21-22H,3-7,11H2,1-2H3/t17-/m0/s1. The molecule has 138 valence electrons. The normalized spacial score (nSPS) is 20.5. The predicted molar refractivity (Wildman–Crippen MR) is 108 cm³/mol. The Bertz CT molecular complexity index is 852. The van der Waals surface area contributed by atoms with Crippen LogP contribution in [0.25, 0.3) is 10.9 Å². The van der Waals surface area contributed by atoms with Crippen LogP contribution in [0.15, 0.2) is 23.2 Å². The van der Waals surface area contributed by atoms with Gasteiger partial charge in [-0.1, -0.05) is 12.8 Å². The SMILES string of the molecule is CCOC(=O)[C@@H]1CSC(c2cc3cc(C)cc(NC4CCCC4)c3[nH]2)=N1. The topological polar surface area (TPSA) is 66.5 Å². The van der Waals surface area contributed by atoms with Gasteiger partial charge in [0, 0.05) is 17.2 Å². The van der Waals surface area contributed by atoms with E-state index in [-0.39, 0.29) is 12.0 Å². The van der Waals surface area contributed by atoms with Gasteiger partial charge in [-0.3, -0.25) is 4.99 Å². The molecule has 0 radical (unpaired) electrons. The van der Waals surface area contributed by atoms with Gasteiger partial charge < -0.3 is 15.0 Å². The third-order valence-electron chi connectivity index (χ3n) is 5.03. The molecule has 0 bridgehead atoms. The number of benzene rings is 1. The first-order chi connectivity index (χ1) is 12.6. The van der Waals surface area contributed by atoms with Gasteiger partial charge in [0.1, 0.15) is 5.04 Å². The number of anilines is 1. The molecule has 1 aromatic heterocycles. The van der Waals surface area contributed by atoms with Crippen LogP contribution in [0.3, 0.4) is 0 Å². The number of rotatable bonds is 5. The average Bonchev–Trinajstić information content (AvgIpc) is 3.34. The smallest absolute Gasteiger partial charge is 0.331 e. The molecular formula is C20H25N3O2S. The van der Waals surface area contributed by atoms with Gasteiger partial charge in [-0.2, -0.15) is 0 Å². The molecule has 5 nitrogen and oxygen atoms in total. The Morgan fingerprint density at radius 3 is 2.92 bits per heavy atom. The van der Waals surface area contributed by atoms with Gasteiger partial charge in [-0.05, 0) is 50.5 Å². The Morgan fingerprint density at radius 2 is 2.15 bits per heavy atom. The Kier molecular flexibility index (Phi) is 4.94. The number of aromatic nitrogens is 1. The maximum Gasteiger partial charge on any atom is 0.331 e. The minimum Gasteiger partial charge on any atom is -0.464 e. The fourth-order valence-electron chi connectivity index (χ4n) is 3.79. The van der Waals surface area contributed by atoms with Crippen molar-refractivity contribution in [2.45, 2.75) is 51.6 Å². The Balaban J connectivity index is 1.63. The largest absolute Gasteiger partial charge is 0.464 e. The Morgan fingerprint density at radius 1 is 1.35 bits per heavy atom. The van der Waals surface area contributed by atoms with Gasteiger partial charge in [0.05, 0.1) is 23.5 Å². The lowest BCUT2D eigenvalue weighted by molar-refractivity contribution is -0.143. The van der Waals surface area contributed by atoms with Crippen LogP contribution >= 0.6 is 11.8 Å². The lowest BCUT2D eigenvalue weighted by Gasteiger charge is -2.15. The zero-order chi connectivity index (χ0) is 18.1. The minimum absolute atomic E-state index is 0.231. The van der Waals surface area contributed by atoms with Crippen molar-refractivity contribution in [3.05, 3.63) is 29.5 Å². The molecule has 1 aromatic carbocycles. The Labute approximate surface area is 158 Å².